The molecule has 130 valence electrons. The molecule has 1 amide bonds. The second-order valence-corrected chi connectivity index (χ2v) is 7.35. The lowest BCUT2D eigenvalue weighted by atomic mass is 10.1. The van der Waals surface area contributed by atoms with Crippen LogP contribution < -0.4 is 14.8 Å². The summed E-state index contributed by atoms with van der Waals surface area (Å²) in [5, 5.41) is 4.14. The molecular formula is C18H23ClN2O3. The van der Waals surface area contributed by atoms with Crippen molar-refractivity contribution in [3.8, 4) is 11.5 Å². The molecule has 1 saturated carbocycles. The average Bonchev–Trinajstić information content (AvgIpc) is 3.17. The smallest absolute Gasteiger partial charge is 0.231 e. The number of fused-ring (bicyclic) bond motifs is 1. The minimum absolute atomic E-state index is 0.259. The van der Waals surface area contributed by atoms with Gasteiger partial charge in [0.1, 0.15) is 0 Å². The minimum atomic E-state index is 0.259. The maximum Gasteiger partial charge on any atom is 0.231 e. The number of nitrogens with one attached hydrogen (secondary N) is 1. The van der Waals surface area contributed by atoms with Gasteiger partial charge in [-0.3, -0.25) is 4.79 Å². The summed E-state index contributed by atoms with van der Waals surface area (Å²) in [6.45, 7) is 2.80. The zero-order valence-corrected chi connectivity index (χ0v) is 14.5. The van der Waals surface area contributed by atoms with E-state index in [1.807, 2.05) is 12.1 Å². The van der Waals surface area contributed by atoms with Crippen molar-refractivity contribution >= 4 is 17.5 Å². The van der Waals surface area contributed by atoms with E-state index in [4.69, 9.17) is 21.1 Å². The van der Waals surface area contributed by atoms with Crippen molar-refractivity contribution in [1.82, 2.24) is 10.2 Å². The normalized spacial score (nSPS) is 22.5. The molecular weight excluding hydrogens is 328 g/mol. The Kier molecular flexibility index (Phi) is 4.55. The van der Waals surface area contributed by atoms with Crippen LogP contribution in [-0.4, -0.2) is 36.7 Å². The highest BCUT2D eigenvalue weighted by atomic mass is 35.5. The van der Waals surface area contributed by atoms with Gasteiger partial charge >= 0.3 is 0 Å². The van der Waals surface area contributed by atoms with Crippen LogP contribution in [0.2, 0.25) is 5.02 Å². The molecule has 2 aliphatic heterocycles. The quantitative estimate of drug-likeness (QED) is 0.768. The highest BCUT2D eigenvalue weighted by molar-refractivity contribution is 6.31. The molecule has 0 unspecified atom stereocenters. The predicted molar refractivity (Wildman–Crippen MR) is 91.4 cm³/mol. The highest BCUT2D eigenvalue weighted by Crippen LogP contribution is 2.37. The molecule has 1 atom stereocenters. The Morgan fingerprint density at radius 3 is 2.79 bits per heavy atom. The average molecular weight is 351 g/mol. The first-order valence-electron chi connectivity index (χ1n) is 8.79. The minimum Gasteiger partial charge on any atom is -0.454 e. The summed E-state index contributed by atoms with van der Waals surface area (Å²) in [6.07, 6.45) is 5.29. The zero-order chi connectivity index (χ0) is 16.5. The van der Waals surface area contributed by atoms with E-state index in [-0.39, 0.29) is 6.79 Å². The van der Waals surface area contributed by atoms with Crippen LogP contribution in [-0.2, 0) is 11.3 Å². The number of ether oxygens (including phenoxy) is 2. The van der Waals surface area contributed by atoms with Crippen LogP contribution in [0.25, 0.3) is 0 Å². The van der Waals surface area contributed by atoms with Crippen LogP contribution in [0.15, 0.2) is 12.1 Å². The van der Waals surface area contributed by atoms with Gasteiger partial charge in [0.15, 0.2) is 11.5 Å². The number of amides is 1. The predicted octanol–water partition coefficient (Wildman–Crippen LogP) is 2.95. The van der Waals surface area contributed by atoms with Crippen molar-refractivity contribution in [1.29, 1.82) is 0 Å². The fourth-order valence-corrected chi connectivity index (χ4v) is 3.73. The van der Waals surface area contributed by atoms with Crippen molar-refractivity contribution in [2.75, 3.05) is 19.9 Å². The van der Waals surface area contributed by atoms with Gasteiger partial charge in [-0.05, 0) is 49.8 Å². The number of hydrogen-bond donors (Lipinski definition) is 1. The topological polar surface area (TPSA) is 50.8 Å². The first-order valence-corrected chi connectivity index (χ1v) is 9.16. The van der Waals surface area contributed by atoms with Crippen LogP contribution in [0, 0.1) is 5.92 Å². The first kappa shape index (κ1) is 16.0. The number of hydrogen-bond acceptors (Lipinski definition) is 4. The van der Waals surface area contributed by atoms with Gasteiger partial charge in [0.2, 0.25) is 12.7 Å². The molecule has 24 heavy (non-hydrogen) atoms. The second-order valence-electron chi connectivity index (χ2n) is 6.94. The van der Waals surface area contributed by atoms with Gasteiger partial charge in [-0.2, -0.15) is 0 Å². The third-order valence-corrected chi connectivity index (χ3v) is 5.47. The molecule has 6 heteroatoms. The lowest BCUT2D eigenvalue weighted by Gasteiger charge is -2.25. The maximum atomic E-state index is 12.0. The lowest BCUT2D eigenvalue weighted by Crippen LogP contribution is -2.36. The molecule has 1 N–H and O–H groups in total. The van der Waals surface area contributed by atoms with Gasteiger partial charge in [0.25, 0.3) is 0 Å². The summed E-state index contributed by atoms with van der Waals surface area (Å²) in [5.74, 6) is 2.57. The third-order valence-electron chi connectivity index (χ3n) is 5.12. The maximum absolute atomic E-state index is 12.0. The number of halogens is 1. The molecule has 5 nitrogen and oxygen atoms in total. The Labute approximate surface area is 147 Å². The molecule has 2 fully saturated rings. The monoisotopic (exact) mass is 350 g/mol. The summed E-state index contributed by atoms with van der Waals surface area (Å²) < 4.78 is 10.7. The Morgan fingerprint density at radius 2 is 2.00 bits per heavy atom. The molecule has 0 radical (unpaired) electrons. The van der Waals surface area contributed by atoms with E-state index in [1.54, 1.807) is 0 Å². The largest absolute Gasteiger partial charge is 0.454 e. The van der Waals surface area contributed by atoms with Gasteiger partial charge in [0, 0.05) is 36.6 Å². The van der Waals surface area contributed by atoms with E-state index >= 15 is 0 Å². The number of likely N-dealkylation sites (tertiary alicyclic amines) is 1. The van der Waals surface area contributed by atoms with Crippen LogP contribution in [0.3, 0.4) is 0 Å². The molecule has 0 aromatic heterocycles. The molecule has 0 spiro atoms. The van der Waals surface area contributed by atoms with E-state index in [9.17, 15) is 4.79 Å². The standard InChI is InChI=1S/C18H23ClN2O3/c19-15-8-17-16(23-11-24-17)7-13(15)9-20-6-5-14-3-4-18(22)21(14)10-12-1-2-12/h7-8,12,14,20H,1-6,9-11H2/t14-/m1/s1. The van der Waals surface area contributed by atoms with E-state index in [0.717, 1.165) is 43.2 Å². The number of carbonyl (C=O) groups is 1. The van der Waals surface area contributed by atoms with E-state index in [1.165, 1.54) is 12.8 Å². The summed E-state index contributed by atoms with van der Waals surface area (Å²) in [5.41, 5.74) is 1.01. The number of rotatable bonds is 7. The highest BCUT2D eigenvalue weighted by Gasteiger charge is 2.34. The molecule has 4 rings (SSSR count). The second kappa shape index (κ2) is 6.81. The lowest BCUT2D eigenvalue weighted by molar-refractivity contribution is -0.129. The van der Waals surface area contributed by atoms with Gasteiger partial charge in [-0.15, -0.1) is 0 Å². The van der Waals surface area contributed by atoms with Crippen molar-refractivity contribution in [2.45, 2.75) is 44.7 Å². The van der Waals surface area contributed by atoms with Crippen LogP contribution in [0.4, 0.5) is 0 Å². The molecule has 1 aromatic rings. The van der Waals surface area contributed by atoms with Crippen molar-refractivity contribution in [3.05, 3.63) is 22.7 Å². The van der Waals surface area contributed by atoms with E-state index < -0.39 is 0 Å². The van der Waals surface area contributed by atoms with E-state index in [0.29, 0.717) is 35.7 Å². The fourth-order valence-electron chi connectivity index (χ4n) is 3.51. The molecule has 1 saturated heterocycles. The summed E-state index contributed by atoms with van der Waals surface area (Å²) in [4.78, 5) is 14.1. The van der Waals surface area contributed by atoms with Crippen LogP contribution in [0.5, 0.6) is 11.5 Å². The van der Waals surface area contributed by atoms with Crippen molar-refractivity contribution < 1.29 is 14.3 Å². The Hall–Kier alpha value is -1.46. The number of carbonyl (C=O) groups excluding carboxylic acids is 1. The molecule has 1 aliphatic carbocycles. The zero-order valence-electron chi connectivity index (χ0n) is 13.7. The molecule has 1 aromatic carbocycles. The molecule has 3 aliphatic rings. The Balaban J connectivity index is 1.26. The van der Waals surface area contributed by atoms with Gasteiger partial charge in [-0.1, -0.05) is 11.6 Å². The summed E-state index contributed by atoms with van der Waals surface area (Å²) in [7, 11) is 0. The summed E-state index contributed by atoms with van der Waals surface area (Å²) in [6, 6.07) is 4.15. The Bertz CT molecular complexity index is 633. The summed E-state index contributed by atoms with van der Waals surface area (Å²) >= 11 is 6.29. The first-order chi connectivity index (χ1) is 11.7. The third kappa shape index (κ3) is 3.47. The van der Waals surface area contributed by atoms with Crippen molar-refractivity contribution in [2.24, 2.45) is 5.92 Å². The molecule has 2 heterocycles. The molecule has 0 bridgehead atoms. The SMILES string of the molecule is O=C1CC[C@H](CCNCc2cc3c(cc2Cl)OCO3)N1CC1CC1. The van der Waals surface area contributed by atoms with E-state index in [2.05, 4.69) is 10.2 Å². The van der Waals surface area contributed by atoms with Gasteiger partial charge < -0.3 is 19.7 Å². The number of benzene rings is 1. The van der Waals surface area contributed by atoms with Crippen molar-refractivity contribution in [3.63, 3.8) is 0 Å². The van der Waals surface area contributed by atoms with Crippen LogP contribution in [0.1, 0.15) is 37.7 Å². The number of nitrogens with zero attached hydrogens (tertiary/aromatic N) is 1. The Morgan fingerprint density at radius 1 is 1.21 bits per heavy atom. The van der Waals surface area contributed by atoms with Crippen LogP contribution >= 0.6 is 11.6 Å². The van der Waals surface area contributed by atoms with Gasteiger partial charge in [-0.25, -0.2) is 0 Å². The van der Waals surface area contributed by atoms with Gasteiger partial charge in [0.05, 0.1) is 0 Å². The fraction of sp³-hybridized carbons (Fsp3) is 0.611.